The molecule has 16 heavy (non-hydrogen) atoms. The van der Waals surface area contributed by atoms with Gasteiger partial charge in [0.2, 0.25) is 5.91 Å². The van der Waals surface area contributed by atoms with Gasteiger partial charge in [0.05, 0.1) is 6.04 Å². The second-order valence-corrected chi connectivity index (χ2v) is 4.29. The lowest BCUT2D eigenvalue weighted by atomic mass is 9.94. The molecule has 3 N–H and O–H groups in total. The van der Waals surface area contributed by atoms with Crippen molar-refractivity contribution in [3.63, 3.8) is 0 Å². The molecule has 0 fully saturated rings. The molecule has 0 radical (unpaired) electrons. The van der Waals surface area contributed by atoms with Gasteiger partial charge >= 0.3 is 0 Å². The first-order valence-corrected chi connectivity index (χ1v) is 5.92. The molecule has 0 spiro atoms. The van der Waals surface area contributed by atoms with Crippen molar-refractivity contribution in [3.8, 4) is 0 Å². The van der Waals surface area contributed by atoms with Gasteiger partial charge in [0.25, 0.3) is 0 Å². The van der Waals surface area contributed by atoms with E-state index in [-0.39, 0.29) is 24.4 Å². The van der Waals surface area contributed by atoms with E-state index in [1.54, 1.807) is 0 Å². The zero-order valence-corrected chi connectivity index (χ0v) is 10.8. The van der Waals surface area contributed by atoms with E-state index in [1.807, 2.05) is 6.92 Å². The Morgan fingerprint density at radius 1 is 1.56 bits per heavy atom. The number of rotatable bonds is 5. The van der Waals surface area contributed by atoms with Crippen LogP contribution in [0.1, 0.15) is 39.0 Å². The van der Waals surface area contributed by atoms with E-state index in [2.05, 4.69) is 17.5 Å². The van der Waals surface area contributed by atoms with E-state index in [0.717, 1.165) is 32.2 Å². The second kappa shape index (κ2) is 8.59. The highest BCUT2D eigenvalue weighted by Gasteiger charge is 2.15. The third kappa shape index (κ3) is 5.52. The Morgan fingerprint density at radius 3 is 2.88 bits per heavy atom. The molecule has 0 aromatic rings. The summed E-state index contributed by atoms with van der Waals surface area (Å²) in [4.78, 5) is 11.5. The zero-order valence-electron chi connectivity index (χ0n) is 9.95. The van der Waals surface area contributed by atoms with Crippen LogP contribution in [0.4, 0.5) is 0 Å². The van der Waals surface area contributed by atoms with Gasteiger partial charge in [-0.1, -0.05) is 25.5 Å². The maximum absolute atomic E-state index is 11.5. The fourth-order valence-electron chi connectivity index (χ4n) is 1.86. The third-order valence-corrected chi connectivity index (χ3v) is 2.88. The van der Waals surface area contributed by atoms with Crippen LogP contribution in [0.15, 0.2) is 12.2 Å². The molecule has 2 unspecified atom stereocenters. The summed E-state index contributed by atoms with van der Waals surface area (Å²) in [6.07, 6.45) is 9.55. The Hall–Kier alpha value is -0.540. The van der Waals surface area contributed by atoms with Crippen molar-refractivity contribution in [3.05, 3.63) is 12.2 Å². The van der Waals surface area contributed by atoms with Crippen LogP contribution in [0, 0.1) is 5.92 Å². The van der Waals surface area contributed by atoms with Crippen LogP contribution in [-0.4, -0.2) is 18.5 Å². The van der Waals surface area contributed by atoms with Crippen molar-refractivity contribution in [1.29, 1.82) is 0 Å². The molecule has 0 saturated carbocycles. The number of hydrogen-bond acceptors (Lipinski definition) is 2. The monoisotopic (exact) mass is 246 g/mol. The van der Waals surface area contributed by atoms with Crippen LogP contribution in [0.5, 0.6) is 0 Å². The third-order valence-electron chi connectivity index (χ3n) is 2.88. The first kappa shape index (κ1) is 15.5. The van der Waals surface area contributed by atoms with E-state index in [1.165, 1.54) is 6.42 Å². The molecule has 0 aromatic heterocycles. The number of carbonyl (C=O) groups is 1. The van der Waals surface area contributed by atoms with Crippen LogP contribution in [0.3, 0.4) is 0 Å². The van der Waals surface area contributed by atoms with Crippen molar-refractivity contribution in [1.82, 2.24) is 5.32 Å². The summed E-state index contributed by atoms with van der Waals surface area (Å²) < 4.78 is 0. The van der Waals surface area contributed by atoms with Gasteiger partial charge in [0, 0.05) is 6.54 Å². The minimum Gasteiger partial charge on any atom is -0.354 e. The van der Waals surface area contributed by atoms with Crippen LogP contribution < -0.4 is 11.1 Å². The van der Waals surface area contributed by atoms with E-state index in [9.17, 15) is 4.79 Å². The second-order valence-electron chi connectivity index (χ2n) is 4.29. The van der Waals surface area contributed by atoms with Crippen LogP contribution in [0.2, 0.25) is 0 Å². The van der Waals surface area contributed by atoms with Crippen molar-refractivity contribution < 1.29 is 4.79 Å². The minimum absolute atomic E-state index is 0. The number of nitrogens with two attached hydrogens (primary N) is 1. The predicted molar refractivity (Wildman–Crippen MR) is 69.6 cm³/mol. The predicted octanol–water partition coefficient (Wildman–Crippen LogP) is 2.01. The Balaban J connectivity index is 0.00000225. The minimum atomic E-state index is -0.325. The van der Waals surface area contributed by atoms with Gasteiger partial charge in [-0.15, -0.1) is 12.4 Å². The average Bonchev–Trinajstić information content (AvgIpc) is 2.27. The van der Waals surface area contributed by atoms with Crippen molar-refractivity contribution in [2.75, 3.05) is 6.54 Å². The number of hydrogen-bond donors (Lipinski definition) is 2. The van der Waals surface area contributed by atoms with Crippen LogP contribution in [-0.2, 0) is 4.79 Å². The molecule has 3 nitrogen and oxygen atoms in total. The summed E-state index contributed by atoms with van der Waals surface area (Å²) in [5.41, 5.74) is 5.72. The first-order valence-electron chi connectivity index (χ1n) is 5.92. The molecular weight excluding hydrogens is 224 g/mol. The molecule has 1 amide bonds. The largest absolute Gasteiger partial charge is 0.354 e. The van der Waals surface area contributed by atoms with Gasteiger partial charge in [0.1, 0.15) is 0 Å². The summed E-state index contributed by atoms with van der Waals surface area (Å²) in [5.74, 6) is 0.610. The molecule has 94 valence electrons. The van der Waals surface area contributed by atoms with Crippen LogP contribution >= 0.6 is 12.4 Å². The lowest BCUT2D eigenvalue weighted by Gasteiger charge is -2.19. The Morgan fingerprint density at radius 2 is 2.31 bits per heavy atom. The number of allylic oxidation sites excluding steroid dienone is 2. The highest BCUT2D eigenvalue weighted by molar-refractivity contribution is 5.85. The summed E-state index contributed by atoms with van der Waals surface area (Å²) in [5, 5.41) is 2.94. The summed E-state index contributed by atoms with van der Waals surface area (Å²) in [6, 6.07) is -0.325. The average molecular weight is 247 g/mol. The van der Waals surface area contributed by atoms with Gasteiger partial charge in [0.15, 0.2) is 0 Å². The zero-order chi connectivity index (χ0) is 11.1. The van der Waals surface area contributed by atoms with Gasteiger partial charge < -0.3 is 11.1 Å². The van der Waals surface area contributed by atoms with E-state index < -0.39 is 0 Å². The molecule has 0 aromatic carbocycles. The molecule has 0 saturated heterocycles. The first-order chi connectivity index (χ1) is 7.24. The van der Waals surface area contributed by atoms with Gasteiger partial charge in [-0.25, -0.2) is 0 Å². The molecule has 0 aliphatic heterocycles. The highest BCUT2D eigenvalue weighted by atomic mass is 35.5. The number of halogens is 1. The number of nitrogens with one attached hydrogen (secondary N) is 1. The Kier molecular flexibility index (Phi) is 8.30. The summed E-state index contributed by atoms with van der Waals surface area (Å²) in [6.45, 7) is 2.82. The van der Waals surface area contributed by atoms with Crippen molar-refractivity contribution >= 4 is 18.3 Å². The van der Waals surface area contributed by atoms with Crippen molar-refractivity contribution in [2.24, 2.45) is 11.7 Å². The van der Waals surface area contributed by atoms with Crippen molar-refractivity contribution in [2.45, 2.75) is 45.1 Å². The molecule has 1 aliphatic rings. The van der Waals surface area contributed by atoms with E-state index >= 15 is 0 Å². The summed E-state index contributed by atoms with van der Waals surface area (Å²) in [7, 11) is 0. The molecule has 2 atom stereocenters. The van der Waals surface area contributed by atoms with E-state index in [0.29, 0.717) is 5.92 Å². The smallest absolute Gasteiger partial charge is 0.236 e. The summed E-state index contributed by atoms with van der Waals surface area (Å²) >= 11 is 0. The van der Waals surface area contributed by atoms with Gasteiger partial charge in [-0.2, -0.15) is 0 Å². The van der Waals surface area contributed by atoms with Gasteiger partial charge in [-0.05, 0) is 31.6 Å². The maximum atomic E-state index is 11.5. The van der Waals surface area contributed by atoms with E-state index in [4.69, 9.17) is 5.73 Å². The molecule has 4 heteroatoms. The lowest BCUT2D eigenvalue weighted by molar-refractivity contribution is -0.122. The SMILES string of the molecule is CCCC(N)C(=O)NCC1CC=CCC1.Cl. The molecule has 0 heterocycles. The molecular formula is C12H23ClN2O. The topological polar surface area (TPSA) is 55.1 Å². The fourth-order valence-corrected chi connectivity index (χ4v) is 1.86. The Bertz CT molecular complexity index is 231. The molecule has 1 rings (SSSR count). The molecule has 0 bridgehead atoms. The fraction of sp³-hybridized carbons (Fsp3) is 0.750. The Labute approximate surface area is 104 Å². The maximum Gasteiger partial charge on any atom is 0.236 e. The standard InChI is InChI=1S/C12H22N2O.ClH/c1-2-6-11(13)12(15)14-9-10-7-4-3-5-8-10;/h3-4,10-11H,2,5-9,13H2,1H3,(H,14,15);1H. The highest BCUT2D eigenvalue weighted by Crippen LogP contribution is 2.16. The number of amides is 1. The lowest BCUT2D eigenvalue weighted by Crippen LogP contribution is -2.42. The molecule has 1 aliphatic carbocycles. The van der Waals surface area contributed by atoms with Gasteiger partial charge in [-0.3, -0.25) is 4.79 Å². The normalized spacial score (nSPS) is 21.0. The quantitative estimate of drug-likeness (QED) is 0.730. The van der Waals surface area contributed by atoms with Crippen LogP contribution in [0.25, 0.3) is 0 Å². The number of carbonyl (C=O) groups excluding carboxylic acids is 1.